The molecule has 1 aromatic rings. The van der Waals surface area contributed by atoms with Crippen LogP contribution in [0.25, 0.3) is 0 Å². The highest BCUT2D eigenvalue weighted by Gasteiger charge is 2.35. The fourth-order valence-electron chi connectivity index (χ4n) is 2.95. The van der Waals surface area contributed by atoms with Crippen LogP contribution in [-0.2, 0) is 22.4 Å². The van der Waals surface area contributed by atoms with Gasteiger partial charge in [0.25, 0.3) is 11.8 Å². The van der Waals surface area contributed by atoms with Gasteiger partial charge in [0, 0.05) is 28.9 Å². The molecule has 0 aromatic carbocycles. The number of rotatable bonds is 3. The first kappa shape index (κ1) is 15.1. The molecule has 4 nitrogen and oxygen atoms in total. The number of thiophene rings is 1. The topological polar surface area (TPSA) is 66.4 Å². The minimum atomic E-state index is -2.68. The summed E-state index contributed by atoms with van der Waals surface area (Å²) < 4.78 is 26.8. The monoisotopic (exact) mass is 327 g/mol. The number of amides is 1. The van der Waals surface area contributed by atoms with E-state index in [-0.39, 0.29) is 18.4 Å². The van der Waals surface area contributed by atoms with Crippen LogP contribution < -0.4 is 5.32 Å². The summed E-state index contributed by atoms with van der Waals surface area (Å²) in [5, 5.41) is 12.2. The van der Waals surface area contributed by atoms with Crippen LogP contribution in [0.1, 0.15) is 36.1 Å². The Morgan fingerprint density at radius 2 is 1.95 bits per heavy atom. The SMILES string of the molecule is O=C(O)C1=C(C(=O)Nc2cc3c(s2)CC(F)(F)CC3)CCC1. The number of carboxylic acid groups (broad SMARTS) is 1. The molecule has 0 radical (unpaired) electrons. The van der Waals surface area contributed by atoms with Gasteiger partial charge in [0.05, 0.1) is 5.00 Å². The normalized spacial score (nSPS) is 19.9. The smallest absolute Gasteiger partial charge is 0.332 e. The summed E-state index contributed by atoms with van der Waals surface area (Å²) in [5.74, 6) is -4.17. The van der Waals surface area contributed by atoms with Crippen molar-refractivity contribution >= 4 is 28.2 Å². The zero-order valence-electron chi connectivity index (χ0n) is 11.7. The standard InChI is InChI=1S/C15H15F2NO3S/c16-15(17)5-4-8-6-12(22-11(8)7-15)18-13(19)9-2-1-3-10(9)14(20)21/h6H,1-5,7H2,(H,18,19)(H,20,21). The van der Waals surface area contributed by atoms with Crippen molar-refractivity contribution in [2.75, 3.05) is 5.32 Å². The molecule has 1 amide bonds. The molecule has 0 atom stereocenters. The quantitative estimate of drug-likeness (QED) is 0.894. The molecule has 1 aromatic heterocycles. The third kappa shape index (κ3) is 2.90. The second kappa shape index (κ2) is 5.46. The zero-order valence-corrected chi connectivity index (χ0v) is 12.6. The predicted octanol–water partition coefficient (Wildman–Crippen LogP) is 3.38. The van der Waals surface area contributed by atoms with Gasteiger partial charge in [0.15, 0.2) is 0 Å². The summed E-state index contributed by atoms with van der Waals surface area (Å²) in [4.78, 5) is 23.9. The molecule has 0 saturated carbocycles. The first-order valence-electron chi connectivity index (χ1n) is 7.12. The maximum Gasteiger partial charge on any atom is 0.332 e. The number of anilines is 1. The van der Waals surface area contributed by atoms with E-state index < -0.39 is 17.8 Å². The highest BCUT2D eigenvalue weighted by Crippen LogP contribution is 2.39. The van der Waals surface area contributed by atoms with Crippen LogP contribution in [0.5, 0.6) is 0 Å². The second-order valence-electron chi connectivity index (χ2n) is 5.66. The van der Waals surface area contributed by atoms with Crippen LogP contribution >= 0.6 is 11.3 Å². The summed E-state index contributed by atoms with van der Waals surface area (Å²) >= 11 is 1.15. The molecule has 0 unspecified atom stereocenters. The molecule has 0 spiro atoms. The number of carbonyl (C=O) groups is 2. The molecule has 0 fully saturated rings. The van der Waals surface area contributed by atoms with Crippen molar-refractivity contribution in [3.05, 3.63) is 27.7 Å². The summed E-state index contributed by atoms with van der Waals surface area (Å²) in [6.45, 7) is 0. The number of alkyl halides is 2. The summed E-state index contributed by atoms with van der Waals surface area (Å²) in [7, 11) is 0. The van der Waals surface area contributed by atoms with Gasteiger partial charge in [-0.3, -0.25) is 4.79 Å². The summed E-state index contributed by atoms with van der Waals surface area (Å²) in [6, 6.07) is 1.73. The molecule has 2 aliphatic rings. The van der Waals surface area contributed by atoms with Crippen LogP contribution in [-0.4, -0.2) is 22.9 Å². The Morgan fingerprint density at radius 3 is 2.68 bits per heavy atom. The molecule has 3 rings (SSSR count). The van der Waals surface area contributed by atoms with Crippen LogP contribution in [0.15, 0.2) is 17.2 Å². The Morgan fingerprint density at radius 1 is 1.23 bits per heavy atom. The fraction of sp³-hybridized carbons (Fsp3) is 0.467. The Hall–Kier alpha value is -1.76. The molecule has 0 aliphatic heterocycles. The number of nitrogens with one attached hydrogen (secondary N) is 1. The van der Waals surface area contributed by atoms with E-state index in [2.05, 4.69) is 5.32 Å². The molecule has 22 heavy (non-hydrogen) atoms. The van der Waals surface area contributed by atoms with Gasteiger partial charge in [-0.15, -0.1) is 11.3 Å². The Labute approximate surface area is 129 Å². The third-order valence-corrected chi connectivity index (χ3v) is 5.16. The van der Waals surface area contributed by atoms with Crippen LogP contribution in [0.2, 0.25) is 0 Å². The minimum absolute atomic E-state index is 0.158. The number of hydrogen-bond acceptors (Lipinski definition) is 3. The number of aliphatic carboxylic acids is 1. The van der Waals surface area contributed by atoms with E-state index in [1.807, 2.05) is 0 Å². The molecule has 0 bridgehead atoms. The van der Waals surface area contributed by atoms with Crippen molar-refractivity contribution in [1.29, 1.82) is 0 Å². The lowest BCUT2D eigenvalue weighted by Gasteiger charge is -2.20. The van der Waals surface area contributed by atoms with Crippen LogP contribution in [0, 0.1) is 0 Å². The third-order valence-electron chi connectivity index (χ3n) is 4.06. The molecule has 1 heterocycles. The van der Waals surface area contributed by atoms with E-state index >= 15 is 0 Å². The number of carboxylic acids is 1. The Balaban J connectivity index is 1.77. The average molecular weight is 327 g/mol. The van der Waals surface area contributed by atoms with Crippen molar-refractivity contribution < 1.29 is 23.5 Å². The first-order valence-corrected chi connectivity index (χ1v) is 7.93. The van der Waals surface area contributed by atoms with E-state index in [1.165, 1.54) is 0 Å². The predicted molar refractivity (Wildman–Crippen MR) is 78.4 cm³/mol. The molecule has 0 saturated heterocycles. The van der Waals surface area contributed by atoms with Crippen LogP contribution in [0.3, 0.4) is 0 Å². The molecule has 118 valence electrons. The van der Waals surface area contributed by atoms with Gasteiger partial charge in [0.1, 0.15) is 0 Å². The number of aryl methyl sites for hydroxylation is 1. The lowest BCUT2D eigenvalue weighted by molar-refractivity contribution is -0.133. The van der Waals surface area contributed by atoms with E-state index in [1.54, 1.807) is 6.07 Å². The second-order valence-corrected chi connectivity index (χ2v) is 6.80. The number of fused-ring (bicyclic) bond motifs is 1. The molecule has 7 heteroatoms. The van der Waals surface area contributed by atoms with Gasteiger partial charge in [-0.25, -0.2) is 13.6 Å². The highest BCUT2D eigenvalue weighted by molar-refractivity contribution is 7.16. The first-order chi connectivity index (χ1) is 10.4. The molecular weight excluding hydrogens is 312 g/mol. The Kier molecular flexibility index (Phi) is 3.76. The zero-order chi connectivity index (χ0) is 15.9. The van der Waals surface area contributed by atoms with E-state index in [9.17, 15) is 18.4 Å². The molecular formula is C15H15F2NO3S. The van der Waals surface area contributed by atoms with Crippen molar-refractivity contribution in [2.24, 2.45) is 0 Å². The number of carbonyl (C=O) groups excluding carboxylic acids is 1. The Bertz CT molecular complexity index is 678. The highest BCUT2D eigenvalue weighted by atomic mass is 32.1. The van der Waals surface area contributed by atoms with Gasteiger partial charge >= 0.3 is 5.97 Å². The van der Waals surface area contributed by atoms with Crippen molar-refractivity contribution in [3.63, 3.8) is 0 Å². The van der Waals surface area contributed by atoms with E-state index in [4.69, 9.17) is 5.11 Å². The van der Waals surface area contributed by atoms with Crippen molar-refractivity contribution in [2.45, 2.75) is 44.4 Å². The van der Waals surface area contributed by atoms with Crippen LogP contribution in [0.4, 0.5) is 13.8 Å². The summed E-state index contributed by atoms with van der Waals surface area (Å²) in [6.07, 6.45) is 1.33. The van der Waals surface area contributed by atoms with Gasteiger partial charge in [-0.1, -0.05) is 0 Å². The molecule has 2 aliphatic carbocycles. The maximum atomic E-state index is 13.4. The summed E-state index contributed by atoms with van der Waals surface area (Å²) in [5.41, 5.74) is 1.31. The number of hydrogen-bond donors (Lipinski definition) is 2. The van der Waals surface area contributed by atoms with Crippen molar-refractivity contribution in [1.82, 2.24) is 0 Å². The lowest BCUT2D eigenvalue weighted by atomic mass is 9.96. The van der Waals surface area contributed by atoms with Gasteiger partial charge in [-0.05, 0) is 37.3 Å². The lowest BCUT2D eigenvalue weighted by Crippen LogP contribution is -2.24. The number of halogens is 2. The van der Waals surface area contributed by atoms with E-state index in [0.717, 1.165) is 16.9 Å². The average Bonchev–Trinajstić information content (AvgIpc) is 3.02. The largest absolute Gasteiger partial charge is 0.478 e. The van der Waals surface area contributed by atoms with Crippen molar-refractivity contribution in [3.8, 4) is 0 Å². The van der Waals surface area contributed by atoms with Gasteiger partial charge < -0.3 is 10.4 Å². The maximum absolute atomic E-state index is 13.4. The van der Waals surface area contributed by atoms with Gasteiger partial charge in [0.2, 0.25) is 0 Å². The van der Waals surface area contributed by atoms with Gasteiger partial charge in [-0.2, -0.15) is 0 Å². The fourth-order valence-corrected chi connectivity index (χ4v) is 4.13. The van der Waals surface area contributed by atoms with E-state index in [0.29, 0.717) is 41.1 Å². The minimum Gasteiger partial charge on any atom is -0.478 e. The molecule has 2 N–H and O–H groups in total.